The van der Waals surface area contributed by atoms with Gasteiger partial charge in [0.15, 0.2) is 0 Å². The minimum atomic E-state index is -0.428. The fourth-order valence-corrected chi connectivity index (χ4v) is 2.63. The first-order chi connectivity index (χ1) is 12.0. The molecule has 0 spiro atoms. The summed E-state index contributed by atoms with van der Waals surface area (Å²) in [5.74, 6) is -0.428. The topological polar surface area (TPSA) is 79.8 Å². The molecular formula is C19H16N4O2. The number of nitrogens with zero attached hydrogens (tertiary/aromatic N) is 3. The van der Waals surface area contributed by atoms with Crippen LogP contribution in [-0.2, 0) is 7.05 Å². The summed E-state index contributed by atoms with van der Waals surface area (Å²) in [6.07, 6.45) is 0. The van der Waals surface area contributed by atoms with Gasteiger partial charge in [0, 0.05) is 12.6 Å². The highest BCUT2D eigenvalue weighted by Gasteiger charge is 2.18. The molecule has 0 radical (unpaired) electrons. The fourth-order valence-electron chi connectivity index (χ4n) is 2.63. The third kappa shape index (κ3) is 2.95. The van der Waals surface area contributed by atoms with Crippen molar-refractivity contribution in [2.24, 2.45) is 7.05 Å². The Bertz CT molecular complexity index is 1040. The van der Waals surface area contributed by atoms with E-state index in [1.165, 1.54) is 10.7 Å². The minimum Gasteiger partial charge on any atom is -0.316 e. The molecule has 0 bridgehead atoms. The summed E-state index contributed by atoms with van der Waals surface area (Å²) >= 11 is 0. The van der Waals surface area contributed by atoms with E-state index >= 15 is 0 Å². The Morgan fingerprint density at radius 1 is 1.12 bits per heavy atom. The van der Waals surface area contributed by atoms with Crippen molar-refractivity contribution in [1.82, 2.24) is 9.36 Å². The van der Waals surface area contributed by atoms with E-state index in [0.29, 0.717) is 22.5 Å². The maximum atomic E-state index is 12.8. The summed E-state index contributed by atoms with van der Waals surface area (Å²) in [5, 5.41) is 11.6. The molecule has 2 aromatic carbocycles. The standard InChI is InChI=1S/C19H16N4O2/c1-13-17(21-18(24)15-8-6-7-14(11-15)12-20)19(25)23(22(13)2)16-9-4-3-5-10-16/h3-11H,1-2H3,(H,21,24). The van der Waals surface area contributed by atoms with Crippen molar-refractivity contribution in [3.63, 3.8) is 0 Å². The van der Waals surface area contributed by atoms with Gasteiger partial charge in [-0.1, -0.05) is 24.3 Å². The van der Waals surface area contributed by atoms with Crippen LogP contribution in [0.1, 0.15) is 21.6 Å². The number of amides is 1. The Morgan fingerprint density at radius 2 is 1.84 bits per heavy atom. The molecule has 6 heteroatoms. The zero-order chi connectivity index (χ0) is 18.0. The van der Waals surface area contributed by atoms with Gasteiger partial charge in [0.05, 0.1) is 23.0 Å². The quantitative estimate of drug-likeness (QED) is 0.800. The number of hydrogen-bond acceptors (Lipinski definition) is 3. The molecule has 0 fully saturated rings. The van der Waals surface area contributed by atoms with Gasteiger partial charge >= 0.3 is 0 Å². The molecule has 3 aromatic rings. The first-order valence-corrected chi connectivity index (χ1v) is 7.68. The molecule has 0 atom stereocenters. The first kappa shape index (κ1) is 16.3. The van der Waals surface area contributed by atoms with Gasteiger partial charge in [-0.15, -0.1) is 0 Å². The number of nitriles is 1. The van der Waals surface area contributed by atoms with Crippen LogP contribution in [-0.4, -0.2) is 15.3 Å². The third-order valence-electron chi connectivity index (χ3n) is 4.05. The van der Waals surface area contributed by atoms with E-state index in [2.05, 4.69) is 5.32 Å². The highest BCUT2D eigenvalue weighted by atomic mass is 16.2. The summed E-state index contributed by atoms with van der Waals surface area (Å²) < 4.78 is 3.19. The molecule has 1 N–H and O–H groups in total. The van der Waals surface area contributed by atoms with Crippen molar-refractivity contribution in [2.75, 3.05) is 5.32 Å². The second-order valence-corrected chi connectivity index (χ2v) is 5.58. The number of carbonyl (C=O) groups excluding carboxylic acids is 1. The molecule has 0 aliphatic heterocycles. The molecule has 0 unspecified atom stereocenters. The van der Waals surface area contributed by atoms with Crippen molar-refractivity contribution in [3.8, 4) is 11.8 Å². The maximum absolute atomic E-state index is 12.8. The molecule has 0 aliphatic carbocycles. The van der Waals surface area contributed by atoms with Crippen molar-refractivity contribution < 1.29 is 4.79 Å². The predicted molar refractivity (Wildman–Crippen MR) is 94.9 cm³/mol. The molecule has 0 saturated heterocycles. The lowest BCUT2D eigenvalue weighted by molar-refractivity contribution is 0.102. The Morgan fingerprint density at radius 3 is 2.52 bits per heavy atom. The lowest BCUT2D eigenvalue weighted by atomic mass is 10.1. The second-order valence-electron chi connectivity index (χ2n) is 5.58. The van der Waals surface area contributed by atoms with Gasteiger partial charge in [0.25, 0.3) is 11.5 Å². The van der Waals surface area contributed by atoms with E-state index in [1.807, 2.05) is 36.4 Å². The Labute approximate surface area is 144 Å². The van der Waals surface area contributed by atoms with Gasteiger partial charge < -0.3 is 5.32 Å². The van der Waals surface area contributed by atoms with E-state index < -0.39 is 5.91 Å². The summed E-state index contributed by atoms with van der Waals surface area (Å²) in [7, 11) is 1.76. The SMILES string of the molecule is Cc1c(NC(=O)c2cccc(C#N)c2)c(=O)n(-c2ccccc2)n1C. The zero-order valence-corrected chi connectivity index (χ0v) is 13.9. The van der Waals surface area contributed by atoms with Crippen LogP contribution < -0.4 is 10.9 Å². The Kier molecular flexibility index (Phi) is 4.23. The fraction of sp³-hybridized carbons (Fsp3) is 0.105. The van der Waals surface area contributed by atoms with E-state index in [0.717, 1.165) is 0 Å². The number of aromatic nitrogens is 2. The molecule has 25 heavy (non-hydrogen) atoms. The van der Waals surface area contributed by atoms with Crippen LogP contribution in [0.2, 0.25) is 0 Å². The highest BCUT2D eigenvalue weighted by Crippen LogP contribution is 2.15. The number of carbonyl (C=O) groups is 1. The summed E-state index contributed by atoms with van der Waals surface area (Å²) in [6, 6.07) is 17.5. The average Bonchev–Trinajstić information content (AvgIpc) is 2.85. The second kappa shape index (κ2) is 6.49. The van der Waals surface area contributed by atoms with Crippen LogP contribution in [0, 0.1) is 18.3 Å². The number of benzene rings is 2. The van der Waals surface area contributed by atoms with Gasteiger partial charge in [-0.2, -0.15) is 5.26 Å². The Balaban J connectivity index is 2.00. The highest BCUT2D eigenvalue weighted by molar-refractivity contribution is 6.04. The van der Waals surface area contributed by atoms with Gasteiger partial charge in [0.2, 0.25) is 0 Å². The molecular weight excluding hydrogens is 316 g/mol. The normalized spacial score (nSPS) is 10.3. The van der Waals surface area contributed by atoms with Crippen molar-refractivity contribution in [2.45, 2.75) is 6.92 Å². The first-order valence-electron chi connectivity index (χ1n) is 7.68. The minimum absolute atomic E-state index is 0.221. The summed E-state index contributed by atoms with van der Waals surface area (Å²) in [5.41, 5.74) is 1.98. The molecule has 1 aromatic heterocycles. The molecule has 3 rings (SSSR count). The molecule has 0 saturated carbocycles. The van der Waals surface area contributed by atoms with Crippen LogP contribution in [0.25, 0.3) is 5.69 Å². The Hall–Kier alpha value is -3.59. The van der Waals surface area contributed by atoms with Crippen molar-refractivity contribution in [3.05, 3.63) is 81.8 Å². The van der Waals surface area contributed by atoms with Crippen LogP contribution in [0.5, 0.6) is 0 Å². The number of hydrogen-bond donors (Lipinski definition) is 1. The van der Waals surface area contributed by atoms with Gasteiger partial charge in [-0.05, 0) is 37.3 Å². The van der Waals surface area contributed by atoms with Crippen LogP contribution >= 0.6 is 0 Å². The van der Waals surface area contributed by atoms with Crippen molar-refractivity contribution in [1.29, 1.82) is 5.26 Å². The average molecular weight is 332 g/mol. The van der Waals surface area contributed by atoms with Crippen molar-refractivity contribution >= 4 is 11.6 Å². The largest absolute Gasteiger partial charge is 0.316 e. The number of para-hydroxylation sites is 1. The molecule has 1 amide bonds. The molecule has 124 valence electrons. The zero-order valence-electron chi connectivity index (χ0n) is 13.9. The lowest BCUT2D eigenvalue weighted by Gasteiger charge is -2.07. The van der Waals surface area contributed by atoms with E-state index in [9.17, 15) is 9.59 Å². The summed E-state index contributed by atoms with van der Waals surface area (Å²) in [6.45, 7) is 1.77. The maximum Gasteiger partial charge on any atom is 0.295 e. The molecule has 0 aliphatic rings. The van der Waals surface area contributed by atoms with Gasteiger partial charge in [-0.3, -0.25) is 14.3 Å². The molecule has 1 heterocycles. The van der Waals surface area contributed by atoms with Crippen LogP contribution in [0.4, 0.5) is 5.69 Å². The van der Waals surface area contributed by atoms with E-state index in [4.69, 9.17) is 5.26 Å². The number of anilines is 1. The summed E-state index contributed by atoms with van der Waals surface area (Å²) in [4.78, 5) is 25.2. The molecule has 6 nitrogen and oxygen atoms in total. The van der Waals surface area contributed by atoms with Gasteiger partial charge in [-0.25, -0.2) is 4.68 Å². The van der Waals surface area contributed by atoms with E-state index in [-0.39, 0.29) is 11.2 Å². The van der Waals surface area contributed by atoms with Gasteiger partial charge in [0.1, 0.15) is 5.69 Å². The van der Waals surface area contributed by atoms with E-state index in [1.54, 1.807) is 36.9 Å². The monoisotopic (exact) mass is 332 g/mol. The third-order valence-corrected chi connectivity index (χ3v) is 4.05. The lowest BCUT2D eigenvalue weighted by Crippen LogP contribution is -2.23. The number of nitrogens with one attached hydrogen (secondary N) is 1. The smallest absolute Gasteiger partial charge is 0.295 e. The predicted octanol–water partition coefficient (Wildman–Crippen LogP) is 2.61. The van der Waals surface area contributed by atoms with Crippen LogP contribution in [0.15, 0.2) is 59.4 Å². The van der Waals surface area contributed by atoms with Crippen LogP contribution in [0.3, 0.4) is 0 Å². The number of rotatable bonds is 3.